The summed E-state index contributed by atoms with van der Waals surface area (Å²) in [6.45, 7) is 1.51. The minimum Gasteiger partial charge on any atom is -0.461 e. The van der Waals surface area contributed by atoms with Crippen molar-refractivity contribution in [3.8, 4) is 0 Å². The van der Waals surface area contributed by atoms with Crippen LogP contribution in [0.15, 0.2) is 30.3 Å². The first-order chi connectivity index (χ1) is 8.75. The Morgan fingerprint density at radius 2 is 2.00 bits per heavy atom. The van der Waals surface area contributed by atoms with Crippen LogP contribution in [0, 0.1) is 0 Å². The molecular weight excluding hydrogens is 244 g/mol. The minimum atomic E-state index is -0.146. The molecule has 0 spiro atoms. The Balaban J connectivity index is 1.87. The number of thioether (sulfide) groups is 1. The first kappa shape index (κ1) is 13.5. The van der Waals surface area contributed by atoms with Crippen molar-refractivity contribution < 1.29 is 9.53 Å². The largest absolute Gasteiger partial charge is 0.461 e. The molecule has 0 heterocycles. The van der Waals surface area contributed by atoms with Gasteiger partial charge in [-0.3, -0.25) is 4.79 Å². The van der Waals surface area contributed by atoms with E-state index in [1.807, 2.05) is 17.8 Å². The third kappa shape index (κ3) is 4.05. The van der Waals surface area contributed by atoms with Crippen LogP contribution in [0.3, 0.4) is 0 Å². The third-order valence-corrected chi connectivity index (χ3v) is 4.73. The summed E-state index contributed by atoms with van der Waals surface area (Å²) in [7, 11) is 0. The van der Waals surface area contributed by atoms with Crippen LogP contribution in [0.5, 0.6) is 0 Å². The summed E-state index contributed by atoms with van der Waals surface area (Å²) in [4.78, 5) is 11.1. The standard InChI is InChI=1S/C15H20O2S/c1-12(16)17-14-9-5-6-10-15(14)18-11-13-7-3-2-4-8-13/h2-4,7-8,14-15H,5-6,9-11H2,1H3. The molecule has 1 saturated carbocycles. The number of esters is 1. The zero-order chi connectivity index (χ0) is 12.8. The lowest BCUT2D eigenvalue weighted by molar-refractivity contribution is -0.147. The molecule has 2 rings (SSSR count). The van der Waals surface area contributed by atoms with Crippen LogP contribution in [0.2, 0.25) is 0 Å². The Morgan fingerprint density at radius 1 is 1.28 bits per heavy atom. The molecule has 98 valence electrons. The van der Waals surface area contributed by atoms with Crippen molar-refractivity contribution in [1.29, 1.82) is 0 Å². The summed E-state index contributed by atoms with van der Waals surface area (Å²) < 4.78 is 5.43. The van der Waals surface area contributed by atoms with Crippen LogP contribution < -0.4 is 0 Å². The van der Waals surface area contributed by atoms with E-state index in [0.717, 1.165) is 18.6 Å². The summed E-state index contributed by atoms with van der Waals surface area (Å²) in [6.07, 6.45) is 4.73. The predicted octanol–water partition coefficient (Wildman–Crippen LogP) is 3.79. The molecule has 18 heavy (non-hydrogen) atoms. The van der Waals surface area contributed by atoms with E-state index in [1.165, 1.54) is 25.3 Å². The SMILES string of the molecule is CC(=O)OC1CCCCC1SCc1ccccc1. The molecule has 1 aromatic rings. The van der Waals surface area contributed by atoms with Crippen LogP contribution in [-0.2, 0) is 15.3 Å². The fourth-order valence-electron chi connectivity index (χ4n) is 2.38. The molecule has 1 aromatic carbocycles. The van der Waals surface area contributed by atoms with E-state index in [4.69, 9.17) is 4.74 Å². The van der Waals surface area contributed by atoms with E-state index < -0.39 is 0 Å². The van der Waals surface area contributed by atoms with Crippen molar-refractivity contribution in [3.05, 3.63) is 35.9 Å². The van der Waals surface area contributed by atoms with Gasteiger partial charge in [-0.2, -0.15) is 0 Å². The second kappa shape index (κ2) is 6.83. The van der Waals surface area contributed by atoms with Gasteiger partial charge in [0.05, 0.1) is 0 Å². The summed E-state index contributed by atoms with van der Waals surface area (Å²) in [5.74, 6) is 0.857. The van der Waals surface area contributed by atoms with Gasteiger partial charge in [0.15, 0.2) is 0 Å². The number of carbonyl (C=O) groups excluding carboxylic acids is 1. The highest BCUT2D eigenvalue weighted by Gasteiger charge is 2.27. The maximum Gasteiger partial charge on any atom is 0.302 e. The van der Waals surface area contributed by atoms with E-state index in [1.54, 1.807) is 0 Å². The normalized spacial score (nSPS) is 23.6. The Bertz CT molecular complexity index is 377. The number of ether oxygens (including phenoxy) is 1. The summed E-state index contributed by atoms with van der Waals surface area (Å²) in [5.41, 5.74) is 1.34. The quantitative estimate of drug-likeness (QED) is 0.774. The summed E-state index contributed by atoms with van der Waals surface area (Å²) in [6, 6.07) is 10.5. The van der Waals surface area contributed by atoms with Gasteiger partial charge in [-0.1, -0.05) is 36.8 Å². The number of benzene rings is 1. The van der Waals surface area contributed by atoms with E-state index in [2.05, 4.69) is 24.3 Å². The lowest BCUT2D eigenvalue weighted by Crippen LogP contribution is -2.31. The number of carbonyl (C=O) groups is 1. The van der Waals surface area contributed by atoms with Gasteiger partial charge in [0.2, 0.25) is 0 Å². The van der Waals surface area contributed by atoms with Gasteiger partial charge in [0, 0.05) is 17.9 Å². The molecule has 0 bridgehead atoms. The zero-order valence-corrected chi connectivity index (χ0v) is 11.6. The van der Waals surface area contributed by atoms with Crippen molar-refractivity contribution >= 4 is 17.7 Å². The zero-order valence-electron chi connectivity index (χ0n) is 10.8. The number of hydrogen-bond acceptors (Lipinski definition) is 3. The molecule has 1 aliphatic carbocycles. The van der Waals surface area contributed by atoms with Crippen molar-refractivity contribution in [2.45, 2.75) is 49.7 Å². The monoisotopic (exact) mass is 264 g/mol. The molecule has 2 atom stereocenters. The van der Waals surface area contributed by atoms with Crippen LogP contribution in [0.4, 0.5) is 0 Å². The lowest BCUT2D eigenvalue weighted by atomic mass is 9.97. The molecule has 0 aliphatic heterocycles. The molecule has 2 nitrogen and oxygen atoms in total. The summed E-state index contributed by atoms with van der Waals surface area (Å²) >= 11 is 1.92. The molecule has 3 heteroatoms. The first-order valence-electron chi connectivity index (χ1n) is 6.58. The van der Waals surface area contributed by atoms with Crippen LogP contribution in [0.25, 0.3) is 0 Å². The van der Waals surface area contributed by atoms with Crippen molar-refractivity contribution in [2.75, 3.05) is 0 Å². The Morgan fingerprint density at radius 3 is 2.72 bits per heavy atom. The number of rotatable bonds is 4. The summed E-state index contributed by atoms with van der Waals surface area (Å²) in [5, 5.41) is 0.461. The van der Waals surface area contributed by atoms with Crippen molar-refractivity contribution in [2.24, 2.45) is 0 Å². The molecule has 2 unspecified atom stereocenters. The number of hydrogen-bond donors (Lipinski definition) is 0. The van der Waals surface area contributed by atoms with Crippen LogP contribution >= 0.6 is 11.8 Å². The van der Waals surface area contributed by atoms with Crippen molar-refractivity contribution in [3.63, 3.8) is 0 Å². The highest BCUT2D eigenvalue weighted by molar-refractivity contribution is 7.99. The molecule has 1 fully saturated rings. The van der Waals surface area contributed by atoms with Gasteiger partial charge in [0.1, 0.15) is 6.10 Å². The average Bonchev–Trinajstić information content (AvgIpc) is 2.38. The molecule has 0 amide bonds. The highest BCUT2D eigenvalue weighted by Crippen LogP contribution is 2.32. The van der Waals surface area contributed by atoms with Gasteiger partial charge in [0.25, 0.3) is 0 Å². The maximum absolute atomic E-state index is 11.1. The van der Waals surface area contributed by atoms with Gasteiger partial charge < -0.3 is 4.74 Å². The Hall–Kier alpha value is -0.960. The molecule has 0 aromatic heterocycles. The van der Waals surface area contributed by atoms with Crippen LogP contribution in [-0.4, -0.2) is 17.3 Å². The van der Waals surface area contributed by atoms with Gasteiger partial charge >= 0.3 is 5.97 Å². The first-order valence-corrected chi connectivity index (χ1v) is 7.63. The second-order valence-corrected chi connectivity index (χ2v) is 5.99. The van der Waals surface area contributed by atoms with Crippen LogP contribution in [0.1, 0.15) is 38.2 Å². The molecule has 0 N–H and O–H groups in total. The molecule has 1 aliphatic rings. The predicted molar refractivity (Wildman–Crippen MR) is 75.5 cm³/mol. The Kier molecular flexibility index (Phi) is 5.12. The third-order valence-electron chi connectivity index (χ3n) is 3.27. The minimum absolute atomic E-state index is 0.116. The smallest absolute Gasteiger partial charge is 0.302 e. The highest BCUT2D eigenvalue weighted by atomic mass is 32.2. The lowest BCUT2D eigenvalue weighted by Gasteiger charge is -2.30. The average molecular weight is 264 g/mol. The fourth-order valence-corrected chi connectivity index (χ4v) is 3.72. The molecule has 0 saturated heterocycles. The van der Waals surface area contributed by atoms with E-state index in [9.17, 15) is 4.79 Å². The topological polar surface area (TPSA) is 26.3 Å². The van der Waals surface area contributed by atoms with Gasteiger partial charge in [-0.25, -0.2) is 0 Å². The van der Waals surface area contributed by atoms with E-state index in [-0.39, 0.29) is 12.1 Å². The van der Waals surface area contributed by atoms with Gasteiger partial charge in [-0.05, 0) is 24.8 Å². The molecular formula is C15H20O2S. The van der Waals surface area contributed by atoms with Crippen molar-refractivity contribution in [1.82, 2.24) is 0 Å². The van der Waals surface area contributed by atoms with E-state index in [0.29, 0.717) is 5.25 Å². The maximum atomic E-state index is 11.1. The fraction of sp³-hybridized carbons (Fsp3) is 0.533. The molecule has 0 radical (unpaired) electrons. The van der Waals surface area contributed by atoms with Gasteiger partial charge in [-0.15, -0.1) is 11.8 Å². The van der Waals surface area contributed by atoms with E-state index >= 15 is 0 Å². The second-order valence-electron chi connectivity index (χ2n) is 4.77. The Labute approximate surface area is 113 Å².